The van der Waals surface area contributed by atoms with Gasteiger partial charge in [-0.05, 0) is 49.6 Å². The first-order valence-electron chi connectivity index (χ1n) is 19.9. The Labute approximate surface area is 275 Å². The molecule has 0 aromatic carbocycles. The van der Waals surface area contributed by atoms with Crippen LogP contribution in [0, 0.1) is 11.8 Å². The molecule has 0 saturated carbocycles. The average Bonchev–Trinajstić information content (AvgIpc) is 3.00. The van der Waals surface area contributed by atoms with Crippen LogP contribution in [0.25, 0.3) is 0 Å². The Balaban J connectivity index is 0. The standard InChI is InChI=1S/C32H67P.C8H16O2/c1-5-9-13-17-18-19-20-21-22-24-28-31(27-23-14-10-6-2)32(33,29-25-15-11-7-3)30-26-16-12-8-4;1-3-5-6-7(4-2)8(9)10/h31H,5-30,33H2,1-4H3;7H,3-6H2,1-2H3,(H,9,10). The summed E-state index contributed by atoms with van der Waals surface area (Å²) in [5, 5.41) is 9.12. The molecule has 3 unspecified atom stereocenters. The lowest BCUT2D eigenvalue weighted by atomic mass is 9.77. The van der Waals surface area contributed by atoms with E-state index in [4.69, 9.17) is 5.11 Å². The predicted octanol–water partition coefficient (Wildman–Crippen LogP) is 14.7. The van der Waals surface area contributed by atoms with Crippen molar-refractivity contribution < 1.29 is 9.90 Å². The van der Waals surface area contributed by atoms with Crippen LogP contribution in [0.3, 0.4) is 0 Å². The molecule has 0 amide bonds. The summed E-state index contributed by atoms with van der Waals surface area (Å²) in [6.45, 7) is 13.4. The molecule has 0 rings (SSSR count). The van der Waals surface area contributed by atoms with E-state index in [-0.39, 0.29) is 5.92 Å². The molecule has 0 aromatic heterocycles. The largest absolute Gasteiger partial charge is 0.481 e. The van der Waals surface area contributed by atoms with E-state index in [1.807, 2.05) is 6.92 Å². The summed E-state index contributed by atoms with van der Waals surface area (Å²) < 4.78 is 0. The second-order valence-electron chi connectivity index (χ2n) is 14.0. The first kappa shape index (κ1) is 45.0. The molecule has 0 aliphatic heterocycles. The molecule has 3 atom stereocenters. The number of rotatable bonds is 32. The number of hydrogen-bond acceptors (Lipinski definition) is 1. The molecule has 0 spiro atoms. The Morgan fingerprint density at radius 2 is 0.814 bits per heavy atom. The minimum Gasteiger partial charge on any atom is -0.481 e. The van der Waals surface area contributed by atoms with E-state index in [0.29, 0.717) is 5.16 Å². The summed E-state index contributed by atoms with van der Waals surface area (Å²) in [5.74, 6) is 0.188. The highest BCUT2D eigenvalue weighted by molar-refractivity contribution is 7.19. The highest BCUT2D eigenvalue weighted by Gasteiger charge is 2.32. The Hall–Kier alpha value is -0.100. The summed E-state index contributed by atoms with van der Waals surface area (Å²) in [5.41, 5.74) is 0. The van der Waals surface area contributed by atoms with Crippen molar-refractivity contribution in [1.29, 1.82) is 0 Å². The van der Waals surface area contributed by atoms with Crippen LogP contribution in [0.15, 0.2) is 0 Å². The fraction of sp³-hybridized carbons (Fsp3) is 0.975. The molecule has 2 nitrogen and oxygen atoms in total. The van der Waals surface area contributed by atoms with E-state index in [1.54, 1.807) is 0 Å². The summed E-state index contributed by atoms with van der Waals surface area (Å²) in [6.07, 6.45) is 41.3. The monoisotopic (exact) mass is 627 g/mol. The van der Waals surface area contributed by atoms with Gasteiger partial charge in [0.15, 0.2) is 0 Å². The summed E-state index contributed by atoms with van der Waals surface area (Å²) in [6, 6.07) is 0. The minimum absolute atomic E-state index is 0.111. The van der Waals surface area contributed by atoms with Crippen LogP contribution >= 0.6 is 9.24 Å². The van der Waals surface area contributed by atoms with E-state index < -0.39 is 5.97 Å². The molecule has 0 saturated heterocycles. The van der Waals surface area contributed by atoms with Crippen molar-refractivity contribution in [3.8, 4) is 0 Å². The number of carboxylic acid groups (broad SMARTS) is 1. The maximum atomic E-state index is 10.4. The molecule has 0 aliphatic rings. The van der Waals surface area contributed by atoms with Crippen LogP contribution in [-0.4, -0.2) is 16.2 Å². The fourth-order valence-corrected chi connectivity index (χ4v) is 7.40. The fourth-order valence-electron chi connectivity index (χ4n) is 6.66. The van der Waals surface area contributed by atoms with Gasteiger partial charge in [0.1, 0.15) is 0 Å². The van der Waals surface area contributed by atoms with Crippen molar-refractivity contribution in [1.82, 2.24) is 0 Å². The van der Waals surface area contributed by atoms with Gasteiger partial charge < -0.3 is 5.11 Å². The lowest BCUT2D eigenvalue weighted by Crippen LogP contribution is -2.32. The predicted molar refractivity (Wildman–Crippen MR) is 200 cm³/mol. The van der Waals surface area contributed by atoms with E-state index in [9.17, 15) is 4.79 Å². The van der Waals surface area contributed by atoms with Crippen molar-refractivity contribution in [3.05, 3.63) is 0 Å². The van der Waals surface area contributed by atoms with E-state index in [0.717, 1.165) is 31.6 Å². The van der Waals surface area contributed by atoms with Gasteiger partial charge in [-0.25, -0.2) is 0 Å². The quantitative estimate of drug-likeness (QED) is 0.0596. The smallest absolute Gasteiger partial charge is 0.306 e. The SMILES string of the molecule is CCCCC(CC)C(=O)O.CCCCCCCCCCCCC(CCCCCC)C(P)(CCCCCC)CCCCCC. The summed E-state index contributed by atoms with van der Waals surface area (Å²) in [4.78, 5) is 10.4. The van der Waals surface area contributed by atoms with Crippen molar-refractivity contribution in [2.24, 2.45) is 11.8 Å². The molecule has 0 bridgehead atoms. The second-order valence-corrected chi connectivity index (χ2v) is 15.1. The van der Waals surface area contributed by atoms with Gasteiger partial charge in [-0.3, -0.25) is 4.79 Å². The van der Waals surface area contributed by atoms with E-state index >= 15 is 0 Å². The lowest BCUT2D eigenvalue weighted by Gasteiger charge is -2.39. The second kappa shape index (κ2) is 34.8. The number of aliphatic carboxylic acids is 1. The van der Waals surface area contributed by atoms with Crippen LogP contribution in [0.5, 0.6) is 0 Å². The van der Waals surface area contributed by atoms with Gasteiger partial charge in [0.05, 0.1) is 5.92 Å². The van der Waals surface area contributed by atoms with Gasteiger partial charge >= 0.3 is 5.97 Å². The van der Waals surface area contributed by atoms with Crippen LogP contribution in [0.4, 0.5) is 0 Å². The van der Waals surface area contributed by atoms with Crippen LogP contribution in [-0.2, 0) is 4.79 Å². The number of hydrogen-bond donors (Lipinski definition) is 1. The van der Waals surface area contributed by atoms with Crippen molar-refractivity contribution in [2.45, 2.75) is 239 Å². The molecule has 0 fully saturated rings. The van der Waals surface area contributed by atoms with Crippen molar-refractivity contribution >= 4 is 15.2 Å². The Morgan fingerprint density at radius 1 is 0.488 bits per heavy atom. The first-order valence-corrected chi connectivity index (χ1v) is 20.5. The lowest BCUT2D eigenvalue weighted by molar-refractivity contribution is -0.142. The topological polar surface area (TPSA) is 37.3 Å². The molecular formula is C40H83O2P. The zero-order chi connectivity index (χ0) is 32.4. The third-order valence-corrected chi connectivity index (χ3v) is 10.9. The van der Waals surface area contributed by atoms with Crippen LogP contribution in [0.2, 0.25) is 0 Å². The summed E-state index contributed by atoms with van der Waals surface area (Å²) >= 11 is 0. The maximum Gasteiger partial charge on any atom is 0.306 e. The van der Waals surface area contributed by atoms with E-state index in [1.165, 1.54) is 167 Å². The van der Waals surface area contributed by atoms with Crippen LogP contribution < -0.4 is 0 Å². The normalized spacial score (nSPS) is 13.0. The molecule has 0 aromatic rings. The van der Waals surface area contributed by atoms with Gasteiger partial charge in [0.2, 0.25) is 0 Å². The number of carbonyl (C=O) groups is 1. The molecule has 260 valence electrons. The molecule has 1 N–H and O–H groups in total. The van der Waals surface area contributed by atoms with Crippen molar-refractivity contribution in [2.75, 3.05) is 0 Å². The van der Waals surface area contributed by atoms with Gasteiger partial charge in [0.25, 0.3) is 0 Å². The Bertz CT molecular complexity index is 537. The maximum absolute atomic E-state index is 10.4. The molecular weight excluding hydrogens is 543 g/mol. The van der Waals surface area contributed by atoms with Gasteiger partial charge in [-0.15, -0.1) is 9.24 Å². The third kappa shape index (κ3) is 29.1. The highest BCUT2D eigenvalue weighted by atomic mass is 31.0. The van der Waals surface area contributed by atoms with Gasteiger partial charge in [-0.1, -0.05) is 196 Å². The number of unbranched alkanes of at least 4 members (excludes halogenated alkanes) is 19. The number of carboxylic acids is 1. The molecule has 0 heterocycles. The zero-order valence-electron chi connectivity index (χ0n) is 30.8. The average molecular weight is 627 g/mol. The minimum atomic E-state index is -0.643. The molecule has 0 radical (unpaired) electrons. The molecule has 0 aliphatic carbocycles. The highest BCUT2D eigenvalue weighted by Crippen LogP contribution is 2.44. The molecule has 43 heavy (non-hydrogen) atoms. The third-order valence-electron chi connectivity index (χ3n) is 9.87. The summed E-state index contributed by atoms with van der Waals surface area (Å²) in [7, 11) is 3.49. The van der Waals surface area contributed by atoms with Crippen LogP contribution in [0.1, 0.15) is 234 Å². The van der Waals surface area contributed by atoms with Crippen molar-refractivity contribution in [3.63, 3.8) is 0 Å². The van der Waals surface area contributed by atoms with Gasteiger partial charge in [0, 0.05) is 0 Å². The Morgan fingerprint density at radius 3 is 1.16 bits per heavy atom. The Kier molecular flexibility index (Phi) is 36.4. The molecule has 3 heteroatoms. The zero-order valence-corrected chi connectivity index (χ0v) is 32.0. The van der Waals surface area contributed by atoms with Gasteiger partial charge in [-0.2, -0.15) is 0 Å². The first-order chi connectivity index (χ1) is 20.9. The van der Waals surface area contributed by atoms with E-state index in [2.05, 4.69) is 43.9 Å².